The molecule has 0 fully saturated rings. The first kappa shape index (κ1) is 11.1. The predicted octanol–water partition coefficient (Wildman–Crippen LogP) is 4.32. The van der Waals surface area contributed by atoms with E-state index in [4.69, 9.17) is 0 Å². The molecule has 90 valence electrons. The van der Waals surface area contributed by atoms with E-state index in [-0.39, 0.29) is 5.54 Å². The molecule has 0 saturated carbocycles. The minimum Gasteiger partial charge on any atom is -0.376 e. The Kier molecular flexibility index (Phi) is 2.48. The van der Waals surface area contributed by atoms with Gasteiger partial charge in [-0.1, -0.05) is 54.6 Å². The number of hydrogen-bond donors (Lipinski definition) is 1. The third-order valence-corrected chi connectivity index (χ3v) is 3.26. The SMILES string of the molecule is CC1(C)C=C(c2ccccc2)c2ccccc2N1. The van der Waals surface area contributed by atoms with E-state index >= 15 is 0 Å². The molecule has 0 radical (unpaired) electrons. The van der Waals surface area contributed by atoms with Crippen LogP contribution in [0, 0.1) is 0 Å². The lowest BCUT2D eigenvalue weighted by Gasteiger charge is -2.32. The Labute approximate surface area is 108 Å². The molecule has 1 heterocycles. The first-order valence-corrected chi connectivity index (χ1v) is 6.32. The molecule has 2 aromatic rings. The Balaban J connectivity index is 2.20. The molecular weight excluding hydrogens is 218 g/mol. The average molecular weight is 235 g/mol. The van der Waals surface area contributed by atoms with Gasteiger partial charge in [0.05, 0.1) is 5.54 Å². The highest BCUT2D eigenvalue weighted by Crippen LogP contribution is 2.36. The minimum absolute atomic E-state index is 0.0144. The van der Waals surface area contributed by atoms with Crippen LogP contribution in [0.1, 0.15) is 25.0 Å². The molecule has 1 aliphatic rings. The van der Waals surface area contributed by atoms with Gasteiger partial charge in [0.15, 0.2) is 0 Å². The molecule has 3 rings (SSSR count). The second-order valence-corrected chi connectivity index (χ2v) is 5.32. The lowest BCUT2D eigenvalue weighted by Crippen LogP contribution is -2.31. The van der Waals surface area contributed by atoms with Crippen molar-refractivity contribution in [3.63, 3.8) is 0 Å². The number of rotatable bonds is 1. The van der Waals surface area contributed by atoms with Crippen LogP contribution in [-0.2, 0) is 0 Å². The fourth-order valence-corrected chi connectivity index (χ4v) is 2.51. The first-order valence-electron chi connectivity index (χ1n) is 6.32. The maximum absolute atomic E-state index is 3.56. The van der Waals surface area contributed by atoms with Crippen molar-refractivity contribution in [2.75, 3.05) is 5.32 Å². The lowest BCUT2D eigenvalue weighted by molar-refractivity contribution is 0.708. The molecule has 0 aliphatic carbocycles. The molecule has 1 heteroatoms. The van der Waals surface area contributed by atoms with Gasteiger partial charge >= 0.3 is 0 Å². The van der Waals surface area contributed by atoms with Crippen LogP contribution in [0.25, 0.3) is 5.57 Å². The summed E-state index contributed by atoms with van der Waals surface area (Å²) in [6.45, 7) is 4.40. The van der Waals surface area contributed by atoms with E-state index < -0.39 is 0 Å². The Morgan fingerprint density at radius 1 is 0.833 bits per heavy atom. The molecular formula is C17H17N. The van der Waals surface area contributed by atoms with Gasteiger partial charge in [0.25, 0.3) is 0 Å². The molecule has 1 N–H and O–H groups in total. The maximum Gasteiger partial charge on any atom is 0.0509 e. The summed E-state index contributed by atoms with van der Waals surface area (Å²) in [7, 11) is 0. The Morgan fingerprint density at radius 2 is 1.50 bits per heavy atom. The standard InChI is InChI=1S/C17H17N/c1-17(2)12-15(13-8-4-3-5-9-13)14-10-6-7-11-16(14)18-17/h3-12,18H,1-2H3. The summed E-state index contributed by atoms with van der Waals surface area (Å²) in [4.78, 5) is 0. The van der Waals surface area contributed by atoms with E-state index in [0.717, 1.165) is 0 Å². The highest BCUT2D eigenvalue weighted by atomic mass is 15.0. The summed E-state index contributed by atoms with van der Waals surface area (Å²) in [6.07, 6.45) is 2.31. The van der Waals surface area contributed by atoms with Crippen LogP contribution in [0.2, 0.25) is 0 Å². The molecule has 0 atom stereocenters. The van der Waals surface area contributed by atoms with Crippen molar-refractivity contribution in [2.24, 2.45) is 0 Å². The van der Waals surface area contributed by atoms with E-state index in [1.807, 2.05) is 0 Å². The van der Waals surface area contributed by atoms with E-state index in [9.17, 15) is 0 Å². The van der Waals surface area contributed by atoms with E-state index in [1.54, 1.807) is 0 Å². The van der Waals surface area contributed by atoms with Crippen molar-refractivity contribution in [3.8, 4) is 0 Å². The highest BCUT2D eigenvalue weighted by Gasteiger charge is 2.24. The van der Waals surface area contributed by atoms with E-state index in [1.165, 1.54) is 22.4 Å². The number of hydrogen-bond acceptors (Lipinski definition) is 1. The molecule has 1 nitrogen and oxygen atoms in total. The van der Waals surface area contributed by atoms with Crippen molar-refractivity contribution in [3.05, 3.63) is 71.8 Å². The van der Waals surface area contributed by atoms with Gasteiger partial charge < -0.3 is 5.32 Å². The summed E-state index contributed by atoms with van der Waals surface area (Å²) in [5, 5.41) is 3.56. The molecule has 0 unspecified atom stereocenters. The quantitative estimate of drug-likeness (QED) is 0.776. The van der Waals surface area contributed by atoms with Gasteiger partial charge in [-0.25, -0.2) is 0 Å². The largest absolute Gasteiger partial charge is 0.376 e. The van der Waals surface area contributed by atoms with Crippen LogP contribution < -0.4 is 5.32 Å². The van der Waals surface area contributed by atoms with Gasteiger partial charge in [0, 0.05) is 11.3 Å². The van der Waals surface area contributed by atoms with Gasteiger partial charge in [-0.3, -0.25) is 0 Å². The van der Waals surface area contributed by atoms with Crippen molar-refractivity contribution in [1.82, 2.24) is 0 Å². The smallest absolute Gasteiger partial charge is 0.0509 e. The molecule has 0 aromatic heterocycles. The second-order valence-electron chi connectivity index (χ2n) is 5.32. The third kappa shape index (κ3) is 1.92. The zero-order chi connectivity index (χ0) is 12.6. The number of para-hydroxylation sites is 1. The Bertz CT molecular complexity index is 594. The summed E-state index contributed by atoms with van der Waals surface area (Å²) < 4.78 is 0. The van der Waals surface area contributed by atoms with Gasteiger partial charge in [-0.05, 0) is 31.1 Å². The summed E-state index contributed by atoms with van der Waals surface area (Å²) in [5.41, 5.74) is 5.07. The number of anilines is 1. The van der Waals surface area contributed by atoms with Crippen LogP contribution in [0.5, 0.6) is 0 Å². The molecule has 0 amide bonds. The van der Waals surface area contributed by atoms with E-state index in [2.05, 4.69) is 79.8 Å². The first-order chi connectivity index (χ1) is 8.66. The molecule has 0 spiro atoms. The van der Waals surface area contributed by atoms with Crippen molar-refractivity contribution in [2.45, 2.75) is 19.4 Å². The summed E-state index contributed by atoms with van der Waals surface area (Å²) in [6, 6.07) is 19.1. The number of benzene rings is 2. The van der Waals surface area contributed by atoms with Gasteiger partial charge in [-0.2, -0.15) is 0 Å². The van der Waals surface area contributed by atoms with Crippen molar-refractivity contribution < 1.29 is 0 Å². The Hall–Kier alpha value is -2.02. The predicted molar refractivity (Wildman–Crippen MR) is 77.7 cm³/mol. The minimum atomic E-state index is -0.0144. The summed E-state index contributed by atoms with van der Waals surface area (Å²) >= 11 is 0. The van der Waals surface area contributed by atoms with Crippen LogP contribution in [0.3, 0.4) is 0 Å². The summed E-state index contributed by atoms with van der Waals surface area (Å²) in [5.74, 6) is 0. The normalized spacial score (nSPS) is 16.4. The third-order valence-electron chi connectivity index (χ3n) is 3.26. The fraction of sp³-hybridized carbons (Fsp3) is 0.176. The van der Waals surface area contributed by atoms with Crippen molar-refractivity contribution >= 4 is 11.3 Å². The fourth-order valence-electron chi connectivity index (χ4n) is 2.51. The van der Waals surface area contributed by atoms with Gasteiger partial charge in [-0.15, -0.1) is 0 Å². The molecule has 2 aromatic carbocycles. The van der Waals surface area contributed by atoms with Crippen LogP contribution in [0.15, 0.2) is 60.7 Å². The number of fused-ring (bicyclic) bond motifs is 1. The maximum atomic E-state index is 3.56. The van der Waals surface area contributed by atoms with Crippen LogP contribution in [-0.4, -0.2) is 5.54 Å². The molecule has 0 bridgehead atoms. The lowest BCUT2D eigenvalue weighted by atomic mass is 9.87. The zero-order valence-corrected chi connectivity index (χ0v) is 10.8. The monoisotopic (exact) mass is 235 g/mol. The van der Waals surface area contributed by atoms with Gasteiger partial charge in [0.2, 0.25) is 0 Å². The topological polar surface area (TPSA) is 12.0 Å². The van der Waals surface area contributed by atoms with Crippen LogP contribution in [0.4, 0.5) is 5.69 Å². The van der Waals surface area contributed by atoms with E-state index in [0.29, 0.717) is 0 Å². The van der Waals surface area contributed by atoms with Crippen LogP contribution >= 0.6 is 0 Å². The van der Waals surface area contributed by atoms with Gasteiger partial charge in [0.1, 0.15) is 0 Å². The molecule has 1 aliphatic heterocycles. The average Bonchev–Trinajstić information content (AvgIpc) is 2.38. The number of nitrogens with one attached hydrogen (secondary N) is 1. The Morgan fingerprint density at radius 3 is 2.28 bits per heavy atom. The molecule has 0 saturated heterocycles. The molecule has 18 heavy (non-hydrogen) atoms. The van der Waals surface area contributed by atoms with Crippen molar-refractivity contribution in [1.29, 1.82) is 0 Å². The zero-order valence-electron chi connectivity index (χ0n) is 10.8. The highest BCUT2D eigenvalue weighted by molar-refractivity contribution is 5.89. The second kappa shape index (κ2) is 4.02.